The van der Waals surface area contributed by atoms with Gasteiger partial charge < -0.3 is 26.0 Å². The number of aliphatic hydroxyl groups is 1. The highest BCUT2D eigenvalue weighted by atomic mass is 16.5. The van der Waals surface area contributed by atoms with Crippen molar-refractivity contribution in [3.05, 3.63) is 53.7 Å². The summed E-state index contributed by atoms with van der Waals surface area (Å²) < 4.78 is 5.55. The average molecular weight is 331 g/mol. The second kappa shape index (κ2) is 8.85. The molecular formula is C17H21N3O4. The Labute approximate surface area is 140 Å². The molecule has 0 spiro atoms. The summed E-state index contributed by atoms with van der Waals surface area (Å²) in [6, 6.07) is 10.3. The first kappa shape index (κ1) is 17.7. The van der Waals surface area contributed by atoms with Gasteiger partial charge in [-0.15, -0.1) is 0 Å². The van der Waals surface area contributed by atoms with Gasteiger partial charge in [0.1, 0.15) is 18.2 Å². The van der Waals surface area contributed by atoms with E-state index in [-0.39, 0.29) is 6.42 Å². The molecule has 128 valence electrons. The number of carboxylic acid groups (broad SMARTS) is 1. The number of nitrogens with two attached hydrogens (primary N) is 1. The van der Waals surface area contributed by atoms with Crippen LogP contribution in [-0.4, -0.2) is 40.9 Å². The Kier molecular flexibility index (Phi) is 6.53. The van der Waals surface area contributed by atoms with Crippen LogP contribution in [0.2, 0.25) is 0 Å². The van der Waals surface area contributed by atoms with Crippen molar-refractivity contribution in [2.45, 2.75) is 12.5 Å². The average Bonchev–Trinajstić information content (AvgIpc) is 2.56. The molecule has 0 aliphatic rings. The number of hydrogen-bond acceptors (Lipinski definition) is 6. The number of nitrogens with zero attached hydrogens (tertiary/aromatic N) is 1. The van der Waals surface area contributed by atoms with Crippen LogP contribution < -0.4 is 15.8 Å². The quantitative estimate of drug-likeness (QED) is 0.506. The van der Waals surface area contributed by atoms with E-state index in [1.165, 1.54) is 0 Å². The summed E-state index contributed by atoms with van der Waals surface area (Å²) in [5.74, 6) is 0.235. The van der Waals surface area contributed by atoms with Crippen molar-refractivity contribution >= 4 is 11.8 Å². The standard InChI is InChI=1S/C17H21N3O4/c18-16-6-3-13(10-20-16)15(21)11-19-7-8-24-14-4-1-12(2-5-14)9-17(22)23/h1-6,10,15,19,21H,7-9,11H2,(H2,18,20)(H,22,23). The fourth-order valence-corrected chi connectivity index (χ4v) is 2.09. The molecule has 0 bridgehead atoms. The van der Waals surface area contributed by atoms with Gasteiger partial charge in [0.25, 0.3) is 0 Å². The molecule has 1 aromatic carbocycles. The zero-order chi connectivity index (χ0) is 17.4. The lowest BCUT2D eigenvalue weighted by Gasteiger charge is -2.12. The SMILES string of the molecule is Nc1ccc(C(O)CNCCOc2ccc(CC(=O)O)cc2)cn1. The summed E-state index contributed by atoms with van der Waals surface area (Å²) in [6.45, 7) is 1.38. The van der Waals surface area contributed by atoms with E-state index < -0.39 is 12.1 Å². The number of rotatable bonds is 9. The van der Waals surface area contributed by atoms with E-state index in [1.54, 1.807) is 42.6 Å². The number of ether oxygens (including phenoxy) is 1. The second-order valence-corrected chi connectivity index (χ2v) is 5.30. The molecule has 0 aliphatic heterocycles. The topological polar surface area (TPSA) is 118 Å². The van der Waals surface area contributed by atoms with Crippen LogP contribution in [0.15, 0.2) is 42.6 Å². The third-order valence-corrected chi connectivity index (χ3v) is 3.36. The summed E-state index contributed by atoms with van der Waals surface area (Å²) in [4.78, 5) is 14.5. The molecule has 2 aromatic rings. The van der Waals surface area contributed by atoms with Crippen LogP contribution in [-0.2, 0) is 11.2 Å². The number of nitrogen functional groups attached to an aromatic ring is 1. The van der Waals surface area contributed by atoms with Crippen LogP contribution in [0.1, 0.15) is 17.2 Å². The van der Waals surface area contributed by atoms with Crippen LogP contribution in [0, 0.1) is 0 Å². The van der Waals surface area contributed by atoms with Crippen LogP contribution in [0.5, 0.6) is 5.75 Å². The number of nitrogens with one attached hydrogen (secondary N) is 1. The molecule has 0 saturated heterocycles. The maximum atomic E-state index is 10.6. The molecule has 1 unspecified atom stereocenters. The molecule has 7 nitrogen and oxygen atoms in total. The van der Waals surface area contributed by atoms with Crippen molar-refractivity contribution < 1.29 is 19.7 Å². The summed E-state index contributed by atoms with van der Waals surface area (Å²) in [6.07, 6.45) is 0.893. The lowest BCUT2D eigenvalue weighted by Crippen LogP contribution is -2.26. The lowest BCUT2D eigenvalue weighted by molar-refractivity contribution is -0.136. The van der Waals surface area contributed by atoms with Gasteiger partial charge in [0.05, 0.1) is 12.5 Å². The first-order valence-electron chi connectivity index (χ1n) is 7.58. The van der Waals surface area contributed by atoms with E-state index in [0.29, 0.717) is 36.8 Å². The third-order valence-electron chi connectivity index (χ3n) is 3.36. The number of benzene rings is 1. The molecule has 0 fully saturated rings. The molecule has 0 radical (unpaired) electrons. The van der Waals surface area contributed by atoms with Crippen LogP contribution in [0.25, 0.3) is 0 Å². The van der Waals surface area contributed by atoms with Crippen LogP contribution >= 0.6 is 0 Å². The maximum Gasteiger partial charge on any atom is 0.307 e. The number of anilines is 1. The summed E-state index contributed by atoms with van der Waals surface area (Å²) in [7, 11) is 0. The Morgan fingerprint density at radius 3 is 2.62 bits per heavy atom. The predicted octanol–water partition coefficient (Wildman–Crippen LogP) is 0.993. The second-order valence-electron chi connectivity index (χ2n) is 5.30. The highest BCUT2D eigenvalue weighted by Crippen LogP contribution is 2.13. The molecule has 1 aromatic heterocycles. The number of aromatic nitrogens is 1. The predicted molar refractivity (Wildman–Crippen MR) is 89.8 cm³/mol. The Hall–Kier alpha value is -2.64. The summed E-state index contributed by atoms with van der Waals surface area (Å²) in [5, 5.41) is 21.8. The highest BCUT2D eigenvalue weighted by Gasteiger charge is 2.07. The van der Waals surface area contributed by atoms with Crippen molar-refractivity contribution in [2.24, 2.45) is 0 Å². The molecule has 2 rings (SSSR count). The molecule has 0 amide bonds. The van der Waals surface area contributed by atoms with E-state index in [1.807, 2.05) is 0 Å². The van der Waals surface area contributed by atoms with Gasteiger partial charge in [0.15, 0.2) is 0 Å². The smallest absolute Gasteiger partial charge is 0.307 e. The lowest BCUT2D eigenvalue weighted by atomic mass is 10.1. The Morgan fingerprint density at radius 1 is 1.25 bits per heavy atom. The van der Waals surface area contributed by atoms with E-state index in [4.69, 9.17) is 15.6 Å². The minimum absolute atomic E-state index is 0.000281. The zero-order valence-electron chi connectivity index (χ0n) is 13.2. The summed E-state index contributed by atoms with van der Waals surface area (Å²) >= 11 is 0. The molecule has 0 aliphatic carbocycles. The Bertz CT molecular complexity index is 644. The first-order valence-corrected chi connectivity index (χ1v) is 7.58. The first-order chi connectivity index (χ1) is 11.5. The monoisotopic (exact) mass is 331 g/mol. The van der Waals surface area contributed by atoms with Crippen LogP contribution in [0.3, 0.4) is 0 Å². The fraction of sp³-hybridized carbons (Fsp3) is 0.294. The highest BCUT2D eigenvalue weighted by molar-refractivity contribution is 5.70. The van der Waals surface area contributed by atoms with Crippen molar-refractivity contribution in [3.8, 4) is 5.75 Å². The molecule has 7 heteroatoms. The number of aliphatic hydroxyl groups excluding tert-OH is 1. The number of pyridine rings is 1. The Balaban J connectivity index is 1.65. The molecule has 1 atom stereocenters. The fourth-order valence-electron chi connectivity index (χ4n) is 2.09. The zero-order valence-corrected chi connectivity index (χ0v) is 13.2. The van der Waals surface area contributed by atoms with Crippen molar-refractivity contribution in [1.29, 1.82) is 0 Å². The van der Waals surface area contributed by atoms with Crippen LogP contribution in [0.4, 0.5) is 5.82 Å². The molecular weight excluding hydrogens is 310 g/mol. The molecule has 5 N–H and O–H groups in total. The van der Waals surface area contributed by atoms with Gasteiger partial charge >= 0.3 is 5.97 Å². The minimum atomic E-state index is -0.859. The molecule has 0 saturated carbocycles. The molecule has 24 heavy (non-hydrogen) atoms. The van der Waals surface area contributed by atoms with E-state index >= 15 is 0 Å². The Morgan fingerprint density at radius 2 is 2.00 bits per heavy atom. The van der Waals surface area contributed by atoms with Gasteiger partial charge in [-0.1, -0.05) is 18.2 Å². The van der Waals surface area contributed by atoms with Gasteiger partial charge in [0, 0.05) is 24.8 Å². The van der Waals surface area contributed by atoms with E-state index in [2.05, 4.69) is 10.3 Å². The number of carboxylic acids is 1. The number of hydrogen-bond donors (Lipinski definition) is 4. The minimum Gasteiger partial charge on any atom is -0.492 e. The van der Waals surface area contributed by atoms with Crippen molar-refractivity contribution in [3.63, 3.8) is 0 Å². The maximum absolute atomic E-state index is 10.6. The van der Waals surface area contributed by atoms with Gasteiger partial charge in [-0.3, -0.25) is 4.79 Å². The van der Waals surface area contributed by atoms with Gasteiger partial charge in [0.2, 0.25) is 0 Å². The summed E-state index contributed by atoms with van der Waals surface area (Å²) in [5.41, 5.74) is 6.93. The van der Waals surface area contributed by atoms with Gasteiger partial charge in [-0.25, -0.2) is 4.98 Å². The van der Waals surface area contributed by atoms with Gasteiger partial charge in [-0.05, 0) is 23.8 Å². The van der Waals surface area contributed by atoms with Gasteiger partial charge in [-0.2, -0.15) is 0 Å². The largest absolute Gasteiger partial charge is 0.492 e. The third kappa shape index (κ3) is 5.86. The molecule has 1 heterocycles. The van der Waals surface area contributed by atoms with Crippen molar-refractivity contribution in [2.75, 3.05) is 25.4 Å². The number of carbonyl (C=O) groups is 1. The van der Waals surface area contributed by atoms with E-state index in [0.717, 1.165) is 5.56 Å². The number of aliphatic carboxylic acids is 1. The normalized spacial score (nSPS) is 11.9. The van der Waals surface area contributed by atoms with E-state index in [9.17, 15) is 9.90 Å². The van der Waals surface area contributed by atoms with Crippen molar-refractivity contribution in [1.82, 2.24) is 10.3 Å².